The van der Waals surface area contributed by atoms with Gasteiger partial charge in [-0.25, -0.2) is 4.67 Å². The summed E-state index contributed by atoms with van der Waals surface area (Å²) in [5, 5.41) is 0. The van der Waals surface area contributed by atoms with Gasteiger partial charge in [-0.3, -0.25) is 0 Å². The van der Waals surface area contributed by atoms with E-state index in [0.29, 0.717) is 0 Å². The molecule has 0 saturated heterocycles. The van der Waals surface area contributed by atoms with E-state index in [1.54, 1.807) is 0 Å². The van der Waals surface area contributed by atoms with Crippen LogP contribution in [0, 0.1) is 0 Å². The first-order valence-electron chi connectivity index (χ1n) is 4.30. The van der Waals surface area contributed by atoms with Crippen LogP contribution in [0.5, 0.6) is 0 Å². The van der Waals surface area contributed by atoms with Crippen molar-refractivity contribution < 1.29 is 4.21 Å². The molecule has 0 aromatic rings. The topological polar surface area (TPSA) is 12.5 Å². The Bertz CT molecular complexity index is 127. The molecule has 0 aliphatic carbocycles. The molecule has 0 aliphatic heterocycles. The maximum atomic E-state index is 6.13. The van der Waals surface area contributed by atoms with Gasteiger partial charge in [0.15, 0.2) is 16.0 Å². The van der Waals surface area contributed by atoms with Crippen LogP contribution >= 0.6 is 18.9 Å². The summed E-state index contributed by atoms with van der Waals surface area (Å²) >= 11 is 6.13. The predicted octanol–water partition coefficient (Wildman–Crippen LogP) is 3.65. The van der Waals surface area contributed by atoms with E-state index in [1.807, 2.05) is 0 Å². The van der Waals surface area contributed by atoms with Crippen molar-refractivity contribution in [2.24, 2.45) is 0 Å². The highest BCUT2D eigenvalue weighted by molar-refractivity contribution is 7.79. The lowest BCUT2D eigenvalue weighted by Crippen LogP contribution is -2.26. The molecule has 0 radical (unpaired) electrons. The minimum atomic E-state index is -1.46. The van der Waals surface area contributed by atoms with E-state index in [2.05, 4.69) is 38.2 Å². The fraction of sp³-hybridized carbons (Fsp3) is 1.00. The Hall–Kier alpha value is 0.857. The Balaban J connectivity index is 3.92. The van der Waals surface area contributed by atoms with E-state index in [-0.39, 0.29) is 0 Å². The number of halogens is 1. The molecular weight excluding hydrogens is 209 g/mol. The van der Waals surface area contributed by atoms with Crippen LogP contribution in [0.4, 0.5) is 0 Å². The number of hydrogen-bond donors (Lipinski definition) is 0. The van der Waals surface area contributed by atoms with Gasteiger partial charge in [0.1, 0.15) is 0 Å². The molecule has 12 heavy (non-hydrogen) atoms. The maximum absolute atomic E-state index is 6.13. The van der Waals surface area contributed by atoms with Crippen molar-refractivity contribution in [1.82, 2.24) is 4.67 Å². The summed E-state index contributed by atoms with van der Waals surface area (Å²) in [6.45, 7) is 12.6. The highest BCUT2D eigenvalue weighted by Gasteiger charge is 2.23. The highest BCUT2D eigenvalue weighted by atomic mass is 35.7. The van der Waals surface area contributed by atoms with Crippen LogP contribution in [0.2, 0.25) is 19.6 Å². The monoisotopic (exact) mass is 227 g/mol. The van der Waals surface area contributed by atoms with Gasteiger partial charge >= 0.3 is 0 Å². The molecule has 0 N–H and O–H groups in total. The Labute approximate surface area is 83.0 Å². The lowest BCUT2D eigenvalue weighted by Gasteiger charge is -2.28. The minimum absolute atomic E-state index is 0.865. The lowest BCUT2D eigenvalue weighted by atomic mass is 10.7. The van der Waals surface area contributed by atoms with Crippen molar-refractivity contribution in [1.29, 1.82) is 0 Å². The van der Waals surface area contributed by atoms with Crippen LogP contribution in [0.25, 0.3) is 0 Å². The Kier molecular flexibility index (Phi) is 5.96. The Morgan fingerprint density at radius 2 is 1.67 bits per heavy atom. The molecule has 0 spiro atoms. The molecule has 0 heterocycles. The van der Waals surface area contributed by atoms with Crippen molar-refractivity contribution >= 4 is 27.2 Å². The fourth-order valence-corrected chi connectivity index (χ4v) is 5.95. The van der Waals surface area contributed by atoms with Gasteiger partial charge in [0.05, 0.1) is 0 Å². The molecule has 0 aromatic heterocycles. The average Bonchev–Trinajstić information content (AvgIpc) is 1.85. The van der Waals surface area contributed by atoms with E-state index >= 15 is 0 Å². The molecule has 1 unspecified atom stereocenters. The number of rotatable bonds is 5. The van der Waals surface area contributed by atoms with Crippen molar-refractivity contribution in [3.8, 4) is 0 Å². The van der Waals surface area contributed by atoms with Crippen molar-refractivity contribution in [3.05, 3.63) is 0 Å². The van der Waals surface area contributed by atoms with E-state index in [9.17, 15) is 0 Å². The summed E-state index contributed by atoms with van der Waals surface area (Å²) in [7, 11) is -2.33. The van der Waals surface area contributed by atoms with Crippen LogP contribution in [-0.2, 0) is 4.21 Å². The minimum Gasteiger partial charge on any atom is -0.373 e. The van der Waals surface area contributed by atoms with Crippen LogP contribution in [-0.4, -0.2) is 26.1 Å². The van der Waals surface area contributed by atoms with Gasteiger partial charge in [-0.1, -0.05) is 13.8 Å². The molecule has 0 aromatic carbocycles. The summed E-state index contributed by atoms with van der Waals surface area (Å²) in [5.41, 5.74) is 0. The number of hydrogen-bond acceptors (Lipinski definition) is 2. The summed E-state index contributed by atoms with van der Waals surface area (Å²) in [6, 6.07) is 0. The molecule has 5 heteroatoms. The van der Waals surface area contributed by atoms with Crippen LogP contribution in [0.1, 0.15) is 13.8 Å². The highest BCUT2D eigenvalue weighted by Crippen LogP contribution is 2.48. The van der Waals surface area contributed by atoms with Gasteiger partial charge in [0.25, 0.3) is 0 Å². The lowest BCUT2D eigenvalue weighted by molar-refractivity contribution is 0.458. The third-order valence-electron chi connectivity index (χ3n) is 1.30. The smallest absolute Gasteiger partial charge is 0.196 e. The largest absolute Gasteiger partial charge is 0.373 e. The molecule has 0 fully saturated rings. The molecular formula is C7H19ClNOPSi. The fourth-order valence-electron chi connectivity index (χ4n) is 0.730. The standard InChI is InChI=1S/C7H19ClNOPSi/c1-6-9(7-2)11(8)10-12(3,4)5/h6-7H2,1-5H3. The predicted molar refractivity (Wildman–Crippen MR) is 60.1 cm³/mol. The summed E-state index contributed by atoms with van der Waals surface area (Å²) in [4.78, 5) is 0. The van der Waals surface area contributed by atoms with Gasteiger partial charge in [-0.2, -0.15) is 0 Å². The molecule has 74 valence electrons. The zero-order valence-corrected chi connectivity index (χ0v) is 11.2. The molecule has 0 bridgehead atoms. The van der Waals surface area contributed by atoms with Crippen molar-refractivity contribution in [2.75, 3.05) is 13.1 Å². The molecule has 0 amide bonds. The van der Waals surface area contributed by atoms with Crippen molar-refractivity contribution in [3.63, 3.8) is 0 Å². The molecule has 2 nitrogen and oxygen atoms in total. The zero-order chi connectivity index (χ0) is 9.78. The van der Waals surface area contributed by atoms with Crippen LogP contribution in [0.15, 0.2) is 0 Å². The second kappa shape index (κ2) is 5.56. The van der Waals surface area contributed by atoms with Gasteiger partial charge in [-0.05, 0) is 30.9 Å². The first-order valence-corrected chi connectivity index (χ1v) is 9.83. The van der Waals surface area contributed by atoms with E-state index in [0.717, 1.165) is 13.1 Å². The first kappa shape index (κ1) is 12.9. The maximum Gasteiger partial charge on any atom is 0.196 e. The quantitative estimate of drug-likeness (QED) is 0.525. The molecule has 1 atom stereocenters. The molecule has 0 aliphatic rings. The van der Waals surface area contributed by atoms with E-state index in [4.69, 9.17) is 15.5 Å². The normalized spacial score (nSPS) is 15.2. The molecule has 0 rings (SSSR count). The Morgan fingerprint density at radius 3 is 1.92 bits per heavy atom. The van der Waals surface area contributed by atoms with Gasteiger partial charge < -0.3 is 4.21 Å². The number of nitrogens with zero attached hydrogens (tertiary/aromatic N) is 1. The summed E-state index contributed by atoms with van der Waals surface area (Å²) < 4.78 is 7.94. The SMILES string of the molecule is CCN(CC)P(Cl)O[Si](C)(C)C. The third kappa shape index (κ3) is 5.49. The second-order valence-corrected chi connectivity index (χ2v) is 10.4. The average molecular weight is 228 g/mol. The van der Waals surface area contributed by atoms with Crippen LogP contribution < -0.4 is 0 Å². The van der Waals surface area contributed by atoms with Crippen LogP contribution in [0.3, 0.4) is 0 Å². The van der Waals surface area contributed by atoms with E-state index < -0.39 is 16.0 Å². The first-order chi connectivity index (χ1) is 5.40. The zero-order valence-electron chi connectivity index (χ0n) is 8.59. The van der Waals surface area contributed by atoms with Gasteiger partial charge in [0.2, 0.25) is 0 Å². The van der Waals surface area contributed by atoms with Gasteiger partial charge in [-0.15, -0.1) is 0 Å². The summed E-state index contributed by atoms with van der Waals surface area (Å²) in [6.07, 6.45) is 0. The molecule has 0 saturated carbocycles. The third-order valence-corrected chi connectivity index (χ3v) is 6.37. The van der Waals surface area contributed by atoms with Crippen molar-refractivity contribution in [2.45, 2.75) is 33.5 Å². The second-order valence-electron chi connectivity index (χ2n) is 3.57. The van der Waals surface area contributed by atoms with Gasteiger partial charge in [0, 0.05) is 13.1 Å². The van der Waals surface area contributed by atoms with E-state index in [1.165, 1.54) is 0 Å². The summed E-state index contributed by atoms with van der Waals surface area (Å²) in [5.74, 6) is 0. The Morgan fingerprint density at radius 1 is 1.25 bits per heavy atom.